The lowest BCUT2D eigenvalue weighted by Gasteiger charge is -2.06. The number of hydrogen-bond donors (Lipinski definition) is 1. The molecule has 0 atom stereocenters. The molecule has 0 radical (unpaired) electrons. The predicted molar refractivity (Wildman–Crippen MR) is 62.2 cm³/mol. The molecule has 2 N–H and O–H groups in total. The number of aryl methyl sites for hydroxylation is 1. The van der Waals surface area contributed by atoms with Crippen molar-refractivity contribution < 1.29 is 13.5 Å². The molecule has 1 aliphatic rings. The number of nitrogen functional groups attached to an aromatic ring is 1. The van der Waals surface area contributed by atoms with Crippen LogP contribution in [0.15, 0.2) is 12.1 Å². The van der Waals surface area contributed by atoms with E-state index in [1.165, 1.54) is 16.8 Å². The van der Waals surface area contributed by atoms with E-state index in [2.05, 4.69) is 5.10 Å². The molecule has 0 fully saturated rings. The summed E-state index contributed by atoms with van der Waals surface area (Å²) in [5, 5.41) is 4.00. The first kappa shape index (κ1) is 11.0. The number of aromatic nitrogens is 2. The molecule has 2 heterocycles. The second kappa shape index (κ2) is 3.69. The van der Waals surface area contributed by atoms with Crippen molar-refractivity contribution in [3.63, 3.8) is 0 Å². The highest BCUT2D eigenvalue weighted by atomic mass is 19.1. The second-order valence-electron chi connectivity index (χ2n) is 4.20. The number of hydrogen-bond acceptors (Lipinski definition) is 3. The summed E-state index contributed by atoms with van der Waals surface area (Å²) in [4.78, 5) is 0. The molecule has 0 bridgehead atoms. The first-order valence-electron chi connectivity index (χ1n) is 5.51. The fraction of sp³-hybridized carbons (Fsp3) is 0.250. The Balaban J connectivity index is 2.23. The molecule has 0 aliphatic carbocycles. The number of nitrogens with two attached hydrogens (primary N) is 1. The summed E-state index contributed by atoms with van der Waals surface area (Å²) in [6, 6.07) is 2.65. The Hall–Kier alpha value is -2.11. The van der Waals surface area contributed by atoms with Crippen LogP contribution in [0.2, 0.25) is 0 Å². The van der Waals surface area contributed by atoms with Gasteiger partial charge in [-0.25, -0.2) is 8.78 Å². The molecule has 1 aromatic carbocycles. The van der Waals surface area contributed by atoms with Crippen molar-refractivity contribution in [3.8, 4) is 17.0 Å². The number of anilines is 1. The van der Waals surface area contributed by atoms with E-state index < -0.39 is 11.6 Å². The molecule has 0 spiro atoms. The summed E-state index contributed by atoms with van der Waals surface area (Å²) in [6.45, 7) is 0.375. The van der Waals surface area contributed by atoms with Crippen LogP contribution in [0.5, 0.6) is 5.75 Å². The van der Waals surface area contributed by atoms with Gasteiger partial charge in [0.25, 0.3) is 0 Å². The Kier molecular flexibility index (Phi) is 2.26. The highest BCUT2D eigenvalue weighted by Gasteiger charge is 2.25. The minimum Gasteiger partial charge on any atom is -0.493 e. The highest BCUT2D eigenvalue weighted by molar-refractivity contribution is 5.67. The van der Waals surface area contributed by atoms with Crippen LogP contribution in [0.1, 0.15) is 5.56 Å². The number of halogens is 2. The lowest BCUT2D eigenvalue weighted by molar-refractivity contribution is 0.355. The average molecular weight is 251 g/mol. The maximum Gasteiger partial charge on any atom is 0.142 e. The number of rotatable bonds is 1. The molecule has 0 saturated carbocycles. The molecule has 3 rings (SSSR count). The molecule has 18 heavy (non-hydrogen) atoms. The van der Waals surface area contributed by atoms with E-state index in [4.69, 9.17) is 10.5 Å². The smallest absolute Gasteiger partial charge is 0.142 e. The van der Waals surface area contributed by atoms with Crippen molar-refractivity contribution in [2.24, 2.45) is 7.05 Å². The summed E-state index contributed by atoms with van der Waals surface area (Å²) in [5.41, 5.74) is 6.07. The van der Waals surface area contributed by atoms with E-state index in [0.29, 0.717) is 24.4 Å². The third kappa shape index (κ3) is 1.45. The van der Waals surface area contributed by atoms with Gasteiger partial charge in [0.15, 0.2) is 0 Å². The first-order valence-corrected chi connectivity index (χ1v) is 5.51. The minimum atomic E-state index is -0.689. The van der Waals surface area contributed by atoms with Gasteiger partial charge in [-0.3, -0.25) is 4.68 Å². The Morgan fingerprint density at radius 1 is 1.39 bits per heavy atom. The predicted octanol–water partition coefficient (Wildman–Crippen LogP) is 1.88. The van der Waals surface area contributed by atoms with E-state index in [-0.39, 0.29) is 17.0 Å². The van der Waals surface area contributed by atoms with Gasteiger partial charge < -0.3 is 10.5 Å². The monoisotopic (exact) mass is 251 g/mol. The summed E-state index contributed by atoms with van der Waals surface area (Å²) < 4.78 is 34.7. The van der Waals surface area contributed by atoms with Crippen LogP contribution < -0.4 is 10.5 Å². The molecule has 2 aromatic rings. The van der Waals surface area contributed by atoms with Crippen molar-refractivity contribution >= 4 is 5.82 Å². The van der Waals surface area contributed by atoms with Gasteiger partial charge >= 0.3 is 0 Å². The molecule has 0 saturated heterocycles. The molecule has 0 amide bonds. The Morgan fingerprint density at radius 3 is 2.83 bits per heavy atom. The van der Waals surface area contributed by atoms with Crippen molar-refractivity contribution in [1.82, 2.24) is 9.78 Å². The summed E-state index contributed by atoms with van der Waals surface area (Å²) in [5.74, 6) is -0.676. The highest BCUT2D eigenvalue weighted by Crippen LogP contribution is 2.36. The number of benzene rings is 1. The standard InChI is InChI=1S/C12H11F2N3O/c1-17-10(15)5-8(16-17)11-7(13)4-9-6(12(11)14)2-3-18-9/h4-5H,2-3,15H2,1H3. The third-order valence-electron chi connectivity index (χ3n) is 3.06. The zero-order valence-corrected chi connectivity index (χ0v) is 9.70. The SMILES string of the molecule is Cn1nc(-c2c(F)cc3c(c2F)CCO3)cc1N. The molecule has 0 unspecified atom stereocenters. The van der Waals surface area contributed by atoms with Crippen LogP contribution in [0.25, 0.3) is 11.3 Å². The minimum absolute atomic E-state index is 0.147. The van der Waals surface area contributed by atoms with Crippen LogP contribution >= 0.6 is 0 Å². The number of ether oxygens (including phenoxy) is 1. The van der Waals surface area contributed by atoms with Crippen molar-refractivity contribution in [2.75, 3.05) is 12.3 Å². The van der Waals surface area contributed by atoms with Gasteiger partial charge in [0.1, 0.15) is 28.9 Å². The van der Waals surface area contributed by atoms with Crippen molar-refractivity contribution in [3.05, 3.63) is 29.3 Å². The Labute approximate surface area is 102 Å². The van der Waals surface area contributed by atoms with E-state index in [0.717, 1.165) is 0 Å². The van der Waals surface area contributed by atoms with E-state index in [1.54, 1.807) is 7.05 Å². The lowest BCUT2D eigenvalue weighted by atomic mass is 10.0. The molecular formula is C12H11F2N3O. The molecule has 4 nitrogen and oxygen atoms in total. The lowest BCUT2D eigenvalue weighted by Crippen LogP contribution is -1.98. The summed E-state index contributed by atoms with van der Waals surface area (Å²) in [6.07, 6.45) is 0.441. The van der Waals surface area contributed by atoms with Crippen LogP contribution in [0.4, 0.5) is 14.6 Å². The fourth-order valence-electron chi connectivity index (χ4n) is 2.10. The average Bonchev–Trinajstić information content (AvgIpc) is 2.87. The van der Waals surface area contributed by atoms with Crippen LogP contribution in [-0.2, 0) is 13.5 Å². The molecular weight excluding hydrogens is 240 g/mol. The van der Waals surface area contributed by atoms with Gasteiger partial charge in [0.05, 0.1) is 12.2 Å². The molecule has 1 aromatic heterocycles. The fourth-order valence-corrected chi connectivity index (χ4v) is 2.10. The summed E-state index contributed by atoms with van der Waals surface area (Å²) >= 11 is 0. The maximum absolute atomic E-state index is 14.3. The van der Waals surface area contributed by atoms with Crippen LogP contribution in [0.3, 0.4) is 0 Å². The number of nitrogens with zero attached hydrogens (tertiary/aromatic N) is 2. The Bertz CT molecular complexity index is 617. The quantitative estimate of drug-likeness (QED) is 0.842. The van der Waals surface area contributed by atoms with Gasteiger partial charge in [0.2, 0.25) is 0 Å². The summed E-state index contributed by atoms with van der Waals surface area (Å²) in [7, 11) is 1.62. The van der Waals surface area contributed by atoms with Gasteiger partial charge in [-0.05, 0) is 0 Å². The second-order valence-corrected chi connectivity index (χ2v) is 4.20. The zero-order chi connectivity index (χ0) is 12.9. The first-order chi connectivity index (χ1) is 8.58. The van der Waals surface area contributed by atoms with Gasteiger partial charge in [-0.1, -0.05) is 0 Å². The topological polar surface area (TPSA) is 53.1 Å². The van der Waals surface area contributed by atoms with E-state index in [1.807, 2.05) is 0 Å². The van der Waals surface area contributed by atoms with Crippen LogP contribution in [0, 0.1) is 11.6 Å². The number of fused-ring (bicyclic) bond motifs is 1. The van der Waals surface area contributed by atoms with Crippen molar-refractivity contribution in [1.29, 1.82) is 0 Å². The maximum atomic E-state index is 14.3. The normalized spacial score (nSPS) is 13.5. The largest absolute Gasteiger partial charge is 0.493 e. The third-order valence-corrected chi connectivity index (χ3v) is 3.06. The zero-order valence-electron chi connectivity index (χ0n) is 9.70. The van der Waals surface area contributed by atoms with Gasteiger partial charge in [-0.2, -0.15) is 5.10 Å². The molecule has 6 heteroatoms. The van der Waals surface area contributed by atoms with E-state index in [9.17, 15) is 8.78 Å². The van der Waals surface area contributed by atoms with Gasteiger partial charge in [0, 0.05) is 31.2 Å². The Morgan fingerprint density at radius 2 is 2.17 bits per heavy atom. The molecule has 94 valence electrons. The van der Waals surface area contributed by atoms with Gasteiger partial charge in [-0.15, -0.1) is 0 Å². The van der Waals surface area contributed by atoms with Crippen LogP contribution in [-0.4, -0.2) is 16.4 Å². The van der Waals surface area contributed by atoms with E-state index >= 15 is 0 Å². The molecule has 1 aliphatic heterocycles. The van der Waals surface area contributed by atoms with Crippen molar-refractivity contribution in [2.45, 2.75) is 6.42 Å².